The SMILES string of the molecule is CCNc1nc(Oc2ccc(Cl)c(C)c2)c2cn[nH]c2n1. The van der Waals surface area contributed by atoms with Crippen molar-refractivity contribution in [2.75, 3.05) is 11.9 Å². The average molecular weight is 304 g/mol. The first kappa shape index (κ1) is 13.6. The van der Waals surface area contributed by atoms with Crippen molar-refractivity contribution in [3.05, 3.63) is 35.0 Å². The number of hydrogen-bond acceptors (Lipinski definition) is 5. The molecule has 2 aromatic heterocycles. The van der Waals surface area contributed by atoms with Crippen LogP contribution in [0.5, 0.6) is 11.6 Å². The van der Waals surface area contributed by atoms with Crippen LogP contribution in [-0.2, 0) is 0 Å². The van der Waals surface area contributed by atoms with Crippen LogP contribution < -0.4 is 10.1 Å². The minimum absolute atomic E-state index is 0.450. The summed E-state index contributed by atoms with van der Waals surface area (Å²) in [5.41, 5.74) is 1.57. The molecule has 2 heterocycles. The Morgan fingerprint density at radius 3 is 2.95 bits per heavy atom. The Morgan fingerprint density at radius 2 is 2.19 bits per heavy atom. The minimum Gasteiger partial charge on any atom is -0.438 e. The highest BCUT2D eigenvalue weighted by atomic mass is 35.5. The van der Waals surface area contributed by atoms with E-state index < -0.39 is 0 Å². The van der Waals surface area contributed by atoms with Crippen LogP contribution in [-0.4, -0.2) is 26.7 Å². The minimum atomic E-state index is 0.450. The summed E-state index contributed by atoms with van der Waals surface area (Å²) < 4.78 is 5.86. The normalized spacial score (nSPS) is 10.8. The highest BCUT2D eigenvalue weighted by Crippen LogP contribution is 2.29. The van der Waals surface area contributed by atoms with Crippen LogP contribution in [0.3, 0.4) is 0 Å². The fourth-order valence-electron chi connectivity index (χ4n) is 1.92. The molecule has 7 heteroatoms. The van der Waals surface area contributed by atoms with E-state index in [9.17, 15) is 0 Å². The molecule has 0 spiro atoms. The predicted molar refractivity (Wildman–Crippen MR) is 82.1 cm³/mol. The van der Waals surface area contributed by atoms with Crippen molar-refractivity contribution in [2.24, 2.45) is 0 Å². The summed E-state index contributed by atoms with van der Waals surface area (Å²) in [6, 6.07) is 5.46. The molecule has 1 aromatic carbocycles. The van der Waals surface area contributed by atoms with Crippen LogP contribution in [0.15, 0.2) is 24.4 Å². The van der Waals surface area contributed by atoms with E-state index in [-0.39, 0.29) is 0 Å². The van der Waals surface area contributed by atoms with Gasteiger partial charge in [0.15, 0.2) is 5.65 Å². The number of anilines is 1. The van der Waals surface area contributed by atoms with Crippen LogP contribution in [0.25, 0.3) is 11.0 Å². The number of aromatic nitrogens is 4. The molecule has 0 bridgehead atoms. The maximum absolute atomic E-state index is 6.02. The summed E-state index contributed by atoms with van der Waals surface area (Å²) in [5.74, 6) is 1.61. The highest BCUT2D eigenvalue weighted by molar-refractivity contribution is 6.31. The molecule has 3 rings (SSSR count). The first-order chi connectivity index (χ1) is 10.2. The molecular weight excluding hydrogens is 290 g/mol. The summed E-state index contributed by atoms with van der Waals surface area (Å²) in [7, 11) is 0. The lowest BCUT2D eigenvalue weighted by molar-refractivity contribution is 0.468. The van der Waals surface area contributed by atoms with Gasteiger partial charge in [-0.3, -0.25) is 5.10 Å². The predicted octanol–water partition coefficient (Wildman–Crippen LogP) is 3.54. The number of aromatic amines is 1. The molecule has 0 unspecified atom stereocenters. The molecule has 21 heavy (non-hydrogen) atoms. The third-order valence-electron chi connectivity index (χ3n) is 2.95. The molecule has 0 aliphatic heterocycles. The average Bonchev–Trinajstić information content (AvgIpc) is 2.92. The lowest BCUT2D eigenvalue weighted by atomic mass is 10.2. The monoisotopic (exact) mass is 303 g/mol. The van der Waals surface area contributed by atoms with Gasteiger partial charge in [0, 0.05) is 11.6 Å². The van der Waals surface area contributed by atoms with Gasteiger partial charge in [0.25, 0.3) is 0 Å². The van der Waals surface area contributed by atoms with Gasteiger partial charge >= 0.3 is 0 Å². The standard InChI is InChI=1S/C14H14ClN5O/c1-3-16-14-18-12-10(7-17-20-12)13(19-14)21-9-4-5-11(15)8(2)6-9/h4-7H,3H2,1-2H3,(H2,16,17,18,19,20). The van der Waals surface area contributed by atoms with Crippen LogP contribution in [0.1, 0.15) is 12.5 Å². The quantitative estimate of drug-likeness (QED) is 0.771. The van der Waals surface area contributed by atoms with Crippen molar-refractivity contribution < 1.29 is 4.74 Å². The summed E-state index contributed by atoms with van der Waals surface area (Å²) in [5, 5.41) is 11.3. The Kier molecular flexibility index (Phi) is 3.62. The fraction of sp³-hybridized carbons (Fsp3) is 0.214. The molecule has 0 aliphatic carbocycles. The zero-order chi connectivity index (χ0) is 14.8. The van der Waals surface area contributed by atoms with Crippen molar-refractivity contribution >= 4 is 28.6 Å². The molecule has 0 radical (unpaired) electrons. The van der Waals surface area contributed by atoms with Crippen molar-refractivity contribution in [2.45, 2.75) is 13.8 Å². The van der Waals surface area contributed by atoms with Gasteiger partial charge in [-0.1, -0.05) is 11.6 Å². The number of H-pyrrole nitrogens is 1. The molecule has 0 saturated carbocycles. The van der Waals surface area contributed by atoms with Crippen LogP contribution in [0, 0.1) is 6.92 Å². The third-order valence-corrected chi connectivity index (χ3v) is 3.38. The topological polar surface area (TPSA) is 75.7 Å². The number of nitrogens with one attached hydrogen (secondary N) is 2. The van der Waals surface area contributed by atoms with Gasteiger partial charge in [0.2, 0.25) is 11.8 Å². The van der Waals surface area contributed by atoms with Crippen LogP contribution in [0.4, 0.5) is 5.95 Å². The number of nitrogens with zero attached hydrogens (tertiary/aromatic N) is 3. The van der Waals surface area contributed by atoms with Crippen molar-refractivity contribution in [1.82, 2.24) is 20.2 Å². The van der Waals surface area contributed by atoms with Crippen LogP contribution in [0.2, 0.25) is 5.02 Å². The molecule has 0 amide bonds. The maximum Gasteiger partial charge on any atom is 0.235 e. The second-order valence-electron chi connectivity index (χ2n) is 4.53. The highest BCUT2D eigenvalue weighted by Gasteiger charge is 2.11. The summed E-state index contributed by atoms with van der Waals surface area (Å²) in [6.45, 7) is 4.62. The lowest BCUT2D eigenvalue weighted by Gasteiger charge is -2.09. The largest absolute Gasteiger partial charge is 0.438 e. The third kappa shape index (κ3) is 2.75. The van der Waals surface area contributed by atoms with Gasteiger partial charge < -0.3 is 10.1 Å². The molecule has 108 valence electrons. The van der Waals surface area contributed by atoms with Crippen molar-refractivity contribution in [3.63, 3.8) is 0 Å². The molecule has 2 N–H and O–H groups in total. The number of halogens is 1. The van der Waals surface area contributed by atoms with Gasteiger partial charge in [0.1, 0.15) is 11.1 Å². The Labute approximate surface area is 126 Å². The van der Waals surface area contributed by atoms with E-state index in [1.54, 1.807) is 18.3 Å². The first-order valence-electron chi connectivity index (χ1n) is 6.56. The summed E-state index contributed by atoms with van der Waals surface area (Å²) in [6.07, 6.45) is 1.64. The first-order valence-corrected chi connectivity index (χ1v) is 6.94. The van der Waals surface area contributed by atoms with Crippen LogP contribution >= 0.6 is 11.6 Å². The summed E-state index contributed by atoms with van der Waals surface area (Å²) in [4.78, 5) is 8.69. The van der Waals surface area contributed by atoms with E-state index in [2.05, 4.69) is 25.5 Å². The van der Waals surface area contributed by atoms with Crippen molar-refractivity contribution in [3.8, 4) is 11.6 Å². The number of ether oxygens (including phenoxy) is 1. The molecular formula is C14H14ClN5O. The number of fused-ring (bicyclic) bond motifs is 1. The second kappa shape index (κ2) is 5.57. The fourth-order valence-corrected chi connectivity index (χ4v) is 2.03. The van der Waals surface area contributed by atoms with E-state index >= 15 is 0 Å². The van der Waals surface area contributed by atoms with E-state index in [4.69, 9.17) is 16.3 Å². The Bertz CT molecular complexity index is 786. The van der Waals surface area contributed by atoms with Gasteiger partial charge in [-0.25, -0.2) is 0 Å². The molecule has 0 fully saturated rings. The zero-order valence-electron chi connectivity index (χ0n) is 11.6. The molecule has 0 atom stereocenters. The molecule has 3 aromatic rings. The number of rotatable bonds is 4. The summed E-state index contributed by atoms with van der Waals surface area (Å²) >= 11 is 6.02. The lowest BCUT2D eigenvalue weighted by Crippen LogP contribution is -2.03. The van der Waals surface area contributed by atoms with Gasteiger partial charge in [-0.05, 0) is 37.6 Å². The smallest absolute Gasteiger partial charge is 0.235 e. The molecule has 6 nitrogen and oxygen atoms in total. The number of hydrogen-bond donors (Lipinski definition) is 2. The molecule has 0 saturated heterocycles. The van der Waals surface area contributed by atoms with Gasteiger partial charge in [0.05, 0.1) is 6.20 Å². The Hall–Kier alpha value is -2.34. The van der Waals surface area contributed by atoms with E-state index in [1.807, 2.05) is 19.9 Å². The second-order valence-corrected chi connectivity index (χ2v) is 4.94. The number of benzene rings is 1. The molecule has 0 aliphatic rings. The Balaban J connectivity index is 2.01. The Morgan fingerprint density at radius 1 is 1.33 bits per heavy atom. The van der Waals surface area contributed by atoms with E-state index in [1.165, 1.54) is 0 Å². The van der Waals surface area contributed by atoms with E-state index in [0.717, 1.165) is 17.5 Å². The van der Waals surface area contributed by atoms with E-state index in [0.29, 0.717) is 28.2 Å². The van der Waals surface area contributed by atoms with Gasteiger partial charge in [-0.15, -0.1) is 0 Å². The maximum atomic E-state index is 6.02. The van der Waals surface area contributed by atoms with Gasteiger partial charge in [-0.2, -0.15) is 15.1 Å². The number of aryl methyl sites for hydroxylation is 1. The van der Waals surface area contributed by atoms with Crippen molar-refractivity contribution in [1.29, 1.82) is 0 Å². The zero-order valence-corrected chi connectivity index (χ0v) is 12.4.